The van der Waals surface area contributed by atoms with Crippen LogP contribution in [-0.4, -0.2) is 34.4 Å². The van der Waals surface area contributed by atoms with Crippen LogP contribution in [0.1, 0.15) is 12.0 Å². The predicted octanol–water partition coefficient (Wildman–Crippen LogP) is 0.241. The highest BCUT2D eigenvalue weighted by Crippen LogP contribution is 2.22. The number of hydrogen-bond acceptors (Lipinski definition) is 5. The molecule has 1 unspecified atom stereocenters. The van der Waals surface area contributed by atoms with Crippen molar-refractivity contribution in [2.45, 2.75) is 24.3 Å². The molecule has 1 aliphatic heterocycles. The smallest absolute Gasteiger partial charge is 0.238 e. The van der Waals surface area contributed by atoms with Crippen LogP contribution in [0, 0.1) is 6.92 Å². The van der Waals surface area contributed by atoms with Crippen molar-refractivity contribution in [3.63, 3.8) is 0 Å². The number of rotatable bonds is 3. The Kier molecular flexibility index (Phi) is 3.59. The van der Waals surface area contributed by atoms with Gasteiger partial charge in [-0.1, -0.05) is 6.07 Å². The van der Waals surface area contributed by atoms with Gasteiger partial charge in [0.1, 0.15) is 0 Å². The molecule has 0 aliphatic carbocycles. The van der Waals surface area contributed by atoms with Crippen LogP contribution < -0.4 is 10.5 Å². The Labute approximate surface area is 113 Å². The standard InChI is InChI=1S/C11H16N2O4S2/c1-8-2-3-9(6-11(8)19(12,16)17)13-10-4-5-18(14,15)7-10/h2-3,6,10,13H,4-5,7H2,1H3,(H2,12,16,17). The fourth-order valence-corrected chi connectivity index (χ4v) is 4.62. The lowest BCUT2D eigenvalue weighted by molar-refractivity contribution is 0.596. The number of hydrogen-bond donors (Lipinski definition) is 2. The molecular weight excluding hydrogens is 288 g/mol. The number of nitrogens with two attached hydrogens (primary N) is 1. The molecule has 106 valence electrons. The van der Waals surface area contributed by atoms with E-state index in [4.69, 9.17) is 5.14 Å². The van der Waals surface area contributed by atoms with Crippen molar-refractivity contribution in [1.29, 1.82) is 0 Å². The van der Waals surface area contributed by atoms with E-state index < -0.39 is 19.9 Å². The Bertz CT molecular complexity index is 695. The highest BCUT2D eigenvalue weighted by Gasteiger charge is 2.27. The molecule has 1 saturated heterocycles. The molecule has 1 aromatic carbocycles. The monoisotopic (exact) mass is 304 g/mol. The molecular formula is C11H16N2O4S2. The maximum Gasteiger partial charge on any atom is 0.238 e. The van der Waals surface area contributed by atoms with Gasteiger partial charge < -0.3 is 5.32 Å². The minimum Gasteiger partial charge on any atom is -0.381 e. The van der Waals surface area contributed by atoms with Gasteiger partial charge >= 0.3 is 0 Å². The van der Waals surface area contributed by atoms with Gasteiger partial charge in [-0.3, -0.25) is 0 Å². The molecule has 1 heterocycles. The highest BCUT2D eigenvalue weighted by molar-refractivity contribution is 7.91. The van der Waals surface area contributed by atoms with E-state index in [1.165, 1.54) is 6.07 Å². The molecule has 0 aromatic heterocycles. The molecule has 8 heteroatoms. The number of sulfone groups is 1. The molecule has 0 bridgehead atoms. The second-order valence-corrected chi connectivity index (χ2v) is 8.53. The summed E-state index contributed by atoms with van der Waals surface area (Å²) in [5.74, 6) is 0.240. The Morgan fingerprint density at radius 3 is 2.58 bits per heavy atom. The minimum absolute atomic E-state index is 0.0540. The molecule has 6 nitrogen and oxygen atoms in total. The van der Waals surface area contributed by atoms with E-state index in [0.29, 0.717) is 17.7 Å². The third-order valence-electron chi connectivity index (χ3n) is 3.10. The largest absolute Gasteiger partial charge is 0.381 e. The quantitative estimate of drug-likeness (QED) is 0.832. The van der Waals surface area contributed by atoms with Crippen molar-refractivity contribution in [2.75, 3.05) is 16.8 Å². The molecule has 3 N–H and O–H groups in total. The first kappa shape index (κ1) is 14.3. The number of sulfonamides is 1. The van der Waals surface area contributed by atoms with Crippen molar-refractivity contribution in [3.05, 3.63) is 23.8 Å². The van der Waals surface area contributed by atoms with Gasteiger partial charge in [0.05, 0.1) is 16.4 Å². The van der Waals surface area contributed by atoms with Gasteiger partial charge in [-0.05, 0) is 31.0 Å². The van der Waals surface area contributed by atoms with Gasteiger partial charge in [-0.2, -0.15) is 0 Å². The lowest BCUT2D eigenvalue weighted by atomic mass is 10.2. The van der Waals surface area contributed by atoms with Crippen molar-refractivity contribution in [3.8, 4) is 0 Å². The van der Waals surface area contributed by atoms with Crippen LogP contribution in [0.15, 0.2) is 23.1 Å². The van der Waals surface area contributed by atoms with Crippen LogP contribution in [0.4, 0.5) is 5.69 Å². The number of aryl methyl sites for hydroxylation is 1. The van der Waals surface area contributed by atoms with Crippen LogP contribution in [0.25, 0.3) is 0 Å². The van der Waals surface area contributed by atoms with Gasteiger partial charge in [0.2, 0.25) is 10.0 Å². The van der Waals surface area contributed by atoms with Crippen molar-refractivity contribution < 1.29 is 16.8 Å². The SMILES string of the molecule is Cc1ccc(NC2CCS(=O)(=O)C2)cc1S(N)(=O)=O. The molecule has 0 spiro atoms. The number of nitrogens with one attached hydrogen (secondary N) is 1. The summed E-state index contributed by atoms with van der Waals surface area (Å²) in [6.07, 6.45) is 0.529. The summed E-state index contributed by atoms with van der Waals surface area (Å²) < 4.78 is 45.5. The first-order valence-corrected chi connectivity index (χ1v) is 9.14. The lowest BCUT2D eigenvalue weighted by Gasteiger charge is -2.14. The van der Waals surface area contributed by atoms with Crippen LogP contribution in [0.5, 0.6) is 0 Å². The Hall–Kier alpha value is -1.12. The molecule has 2 rings (SSSR count). The maximum atomic E-state index is 11.4. The van der Waals surface area contributed by atoms with E-state index in [9.17, 15) is 16.8 Å². The van der Waals surface area contributed by atoms with Gasteiger partial charge in [0.25, 0.3) is 0 Å². The van der Waals surface area contributed by atoms with E-state index in [2.05, 4.69) is 5.32 Å². The molecule has 0 saturated carbocycles. The van der Waals surface area contributed by atoms with Gasteiger partial charge in [0.15, 0.2) is 9.84 Å². The van der Waals surface area contributed by atoms with E-state index in [1.54, 1.807) is 19.1 Å². The highest BCUT2D eigenvalue weighted by atomic mass is 32.2. The molecule has 0 radical (unpaired) electrons. The first-order chi connectivity index (χ1) is 8.67. The average Bonchev–Trinajstić information content (AvgIpc) is 2.59. The van der Waals surface area contributed by atoms with E-state index in [-0.39, 0.29) is 22.4 Å². The fourth-order valence-electron chi connectivity index (χ4n) is 2.14. The summed E-state index contributed by atoms with van der Waals surface area (Å²) in [6.45, 7) is 1.66. The summed E-state index contributed by atoms with van der Waals surface area (Å²) in [6, 6.07) is 4.62. The Morgan fingerprint density at radius 1 is 1.37 bits per heavy atom. The third kappa shape index (κ3) is 3.46. The number of benzene rings is 1. The van der Waals surface area contributed by atoms with Crippen molar-refractivity contribution >= 4 is 25.5 Å². The van der Waals surface area contributed by atoms with Crippen LogP contribution in [0.3, 0.4) is 0 Å². The second kappa shape index (κ2) is 4.77. The zero-order valence-corrected chi connectivity index (χ0v) is 12.1. The summed E-state index contributed by atoms with van der Waals surface area (Å²) in [5, 5.41) is 8.16. The maximum absolute atomic E-state index is 11.4. The molecule has 1 fully saturated rings. The molecule has 1 atom stereocenters. The zero-order valence-electron chi connectivity index (χ0n) is 10.5. The molecule has 1 aromatic rings. The number of primary sulfonamides is 1. The zero-order chi connectivity index (χ0) is 14.3. The van der Waals surface area contributed by atoms with E-state index in [0.717, 1.165) is 0 Å². The molecule has 0 amide bonds. The summed E-state index contributed by atoms with van der Waals surface area (Å²) in [4.78, 5) is 0.0540. The van der Waals surface area contributed by atoms with Crippen LogP contribution >= 0.6 is 0 Å². The predicted molar refractivity (Wildman–Crippen MR) is 73.2 cm³/mol. The summed E-state index contributed by atoms with van der Waals surface area (Å²) in [5.41, 5.74) is 1.13. The molecule has 19 heavy (non-hydrogen) atoms. The fraction of sp³-hybridized carbons (Fsp3) is 0.455. The van der Waals surface area contributed by atoms with Crippen LogP contribution in [0.2, 0.25) is 0 Å². The minimum atomic E-state index is -3.77. The Balaban J connectivity index is 2.24. The van der Waals surface area contributed by atoms with Gasteiger partial charge in [-0.25, -0.2) is 22.0 Å². The first-order valence-electron chi connectivity index (χ1n) is 5.78. The molecule has 1 aliphatic rings. The average molecular weight is 304 g/mol. The van der Waals surface area contributed by atoms with Gasteiger partial charge in [-0.15, -0.1) is 0 Å². The second-order valence-electron chi connectivity index (χ2n) is 4.77. The van der Waals surface area contributed by atoms with Crippen LogP contribution in [-0.2, 0) is 19.9 Å². The van der Waals surface area contributed by atoms with Crippen molar-refractivity contribution in [1.82, 2.24) is 0 Å². The Morgan fingerprint density at radius 2 is 2.05 bits per heavy atom. The lowest BCUT2D eigenvalue weighted by Crippen LogP contribution is -2.21. The topological polar surface area (TPSA) is 106 Å². The summed E-state index contributed by atoms with van der Waals surface area (Å²) >= 11 is 0. The van der Waals surface area contributed by atoms with E-state index in [1.807, 2.05) is 0 Å². The van der Waals surface area contributed by atoms with E-state index >= 15 is 0 Å². The number of anilines is 1. The van der Waals surface area contributed by atoms with Gasteiger partial charge in [0, 0.05) is 11.7 Å². The van der Waals surface area contributed by atoms with Crippen molar-refractivity contribution in [2.24, 2.45) is 5.14 Å². The third-order valence-corrected chi connectivity index (χ3v) is 5.92. The summed E-state index contributed by atoms with van der Waals surface area (Å²) in [7, 11) is -6.74. The normalized spacial score (nSPS) is 22.3.